The first-order valence-corrected chi connectivity index (χ1v) is 6.62. The normalized spacial score (nSPS) is 11.2. The maximum absolute atomic E-state index is 13.6. The lowest BCUT2D eigenvalue weighted by Gasteiger charge is -2.08. The van der Waals surface area contributed by atoms with Gasteiger partial charge in [-0.25, -0.2) is 8.78 Å². The molecule has 102 valence electrons. The third-order valence-electron chi connectivity index (χ3n) is 3.11. The zero-order chi connectivity index (χ0) is 14.4. The van der Waals surface area contributed by atoms with Gasteiger partial charge in [0.2, 0.25) is 0 Å². The molecule has 2 nitrogen and oxygen atoms in total. The van der Waals surface area contributed by atoms with E-state index in [0.717, 1.165) is 0 Å². The second kappa shape index (κ2) is 4.68. The van der Waals surface area contributed by atoms with Crippen molar-refractivity contribution in [3.8, 4) is 5.69 Å². The van der Waals surface area contributed by atoms with Crippen LogP contribution in [0.4, 0.5) is 8.78 Å². The first-order chi connectivity index (χ1) is 9.47. The number of H-pyrrole nitrogens is 1. The molecule has 3 rings (SSSR count). The summed E-state index contributed by atoms with van der Waals surface area (Å²) >= 11 is 11.3. The van der Waals surface area contributed by atoms with Crippen LogP contribution in [0.25, 0.3) is 16.7 Å². The van der Waals surface area contributed by atoms with E-state index >= 15 is 0 Å². The topological polar surface area (TPSA) is 20.7 Å². The van der Waals surface area contributed by atoms with Crippen molar-refractivity contribution < 1.29 is 8.78 Å². The minimum absolute atomic E-state index is 0.328. The molecule has 20 heavy (non-hydrogen) atoms. The van der Waals surface area contributed by atoms with Crippen LogP contribution in [0.5, 0.6) is 0 Å². The Kier molecular flexibility index (Phi) is 3.11. The van der Waals surface area contributed by atoms with Crippen LogP contribution in [0, 0.1) is 23.3 Å². The van der Waals surface area contributed by atoms with Gasteiger partial charge >= 0.3 is 0 Å². The van der Waals surface area contributed by atoms with E-state index < -0.39 is 5.82 Å². The fourth-order valence-electron chi connectivity index (χ4n) is 2.13. The highest BCUT2D eigenvalue weighted by Crippen LogP contribution is 2.27. The molecule has 1 aromatic heterocycles. The SMILES string of the molecule is Cc1cc2c(cc1F)[nH]c(=S)n2-c1cc(F)ccc1Cl. The van der Waals surface area contributed by atoms with E-state index in [4.69, 9.17) is 23.8 Å². The number of fused-ring (bicyclic) bond motifs is 1. The number of imidazole rings is 1. The molecule has 0 unspecified atom stereocenters. The van der Waals surface area contributed by atoms with Crippen LogP contribution in [0.15, 0.2) is 30.3 Å². The van der Waals surface area contributed by atoms with Crippen LogP contribution in [-0.2, 0) is 0 Å². The third-order valence-corrected chi connectivity index (χ3v) is 3.72. The summed E-state index contributed by atoms with van der Waals surface area (Å²) in [6.45, 7) is 1.66. The molecule has 0 aliphatic carbocycles. The Morgan fingerprint density at radius 2 is 1.95 bits per heavy atom. The summed E-state index contributed by atoms with van der Waals surface area (Å²) in [6.07, 6.45) is 0. The maximum Gasteiger partial charge on any atom is 0.182 e. The standard InChI is InChI=1S/C14H9ClF2N2S/c1-7-4-13-11(6-10(7)17)18-14(20)19(13)12-5-8(16)2-3-9(12)15/h2-6H,1H3,(H,18,20). The highest BCUT2D eigenvalue weighted by molar-refractivity contribution is 7.71. The Balaban J connectivity index is 2.42. The minimum atomic E-state index is -0.417. The lowest BCUT2D eigenvalue weighted by atomic mass is 10.2. The first-order valence-electron chi connectivity index (χ1n) is 5.83. The van der Waals surface area contributed by atoms with Gasteiger partial charge in [0, 0.05) is 0 Å². The third kappa shape index (κ3) is 2.03. The van der Waals surface area contributed by atoms with Crippen LogP contribution >= 0.6 is 23.8 Å². The summed E-state index contributed by atoms with van der Waals surface area (Å²) in [5.74, 6) is -0.745. The van der Waals surface area contributed by atoms with Crippen molar-refractivity contribution in [3.63, 3.8) is 0 Å². The number of benzene rings is 2. The molecule has 1 heterocycles. The van der Waals surface area contributed by atoms with Crippen molar-refractivity contribution in [2.75, 3.05) is 0 Å². The van der Waals surface area contributed by atoms with E-state index in [1.165, 1.54) is 24.3 Å². The molecule has 0 spiro atoms. The molecule has 3 aromatic rings. The molecule has 1 N–H and O–H groups in total. The van der Waals surface area contributed by atoms with E-state index in [0.29, 0.717) is 32.1 Å². The fraction of sp³-hybridized carbons (Fsp3) is 0.0714. The Morgan fingerprint density at radius 3 is 2.70 bits per heavy atom. The summed E-state index contributed by atoms with van der Waals surface area (Å²) in [5, 5.41) is 0.366. The van der Waals surface area contributed by atoms with Gasteiger partial charge in [0.1, 0.15) is 11.6 Å². The second-order valence-electron chi connectivity index (χ2n) is 4.48. The summed E-state index contributed by atoms with van der Waals surface area (Å²) in [4.78, 5) is 2.90. The second-order valence-corrected chi connectivity index (χ2v) is 5.27. The molecular formula is C14H9ClF2N2S. The Hall–Kier alpha value is -1.72. The molecule has 0 atom stereocenters. The summed E-state index contributed by atoms with van der Waals surface area (Å²) in [5.41, 5.74) is 2.10. The highest BCUT2D eigenvalue weighted by Gasteiger charge is 2.12. The highest BCUT2D eigenvalue weighted by atomic mass is 35.5. The minimum Gasteiger partial charge on any atom is -0.330 e. The van der Waals surface area contributed by atoms with Crippen LogP contribution < -0.4 is 0 Å². The van der Waals surface area contributed by atoms with Gasteiger partial charge in [-0.2, -0.15) is 0 Å². The average molecular weight is 311 g/mol. The molecule has 0 bridgehead atoms. The number of rotatable bonds is 1. The predicted octanol–water partition coefficient (Wildman–Crippen LogP) is 4.93. The number of aryl methyl sites for hydroxylation is 1. The van der Waals surface area contributed by atoms with E-state index in [-0.39, 0.29) is 5.82 Å². The maximum atomic E-state index is 13.6. The van der Waals surface area contributed by atoms with Crippen molar-refractivity contribution in [3.05, 3.63) is 57.3 Å². The lowest BCUT2D eigenvalue weighted by molar-refractivity contribution is 0.620. The van der Waals surface area contributed by atoms with Gasteiger partial charge in [-0.05, 0) is 55.0 Å². The number of nitrogens with one attached hydrogen (secondary N) is 1. The molecule has 2 aromatic carbocycles. The molecule has 0 aliphatic rings. The Morgan fingerprint density at radius 1 is 1.20 bits per heavy atom. The molecule has 0 radical (unpaired) electrons. The van der Waals surface area contributed by atoms with Crippen molar-refractivity contribution in [1.29, 1.82) is 0 Å². The van der Waals surface area contributed by atoms with Gasteiger partial charge < -0.3 is 4.98 Å². The Labute approximate surface area is 123 Å². The zero-order valence-corrected chi connectivity index (χ0v) is 11.9. The lowest BCUT2D eigenvalue weighted by Crippen LogP contribution is -1.96. The van der Waals surface area contributed by atoms with Crippen molar-refractivity contribution >= 4 is 34.9 Å². The molecule has 0 saturated carbocycles. The van der Waals surface area contributed by atoms with E-state index in [1.807, 2.05) is 0 Å². The van der Waals surface area contributed by atoms with Crippen LogP contribution in [-0.4, -0.2) is 9.55 Å². The first kappa shape index (κ1) is 13.3. The van der Waals surface area contributed by atoms with Gasteiger partial charge in [0.05, 0.1) is 21.7 Å². The number of aromatic nitrogens is 2. The monoisotopic (exact) mass is 310 g/mol. The molecule has 0 aliphatic heterocycles. The summed E-state index contributed by atoms with van der Waals surface area (Å²) < 4.78 is 29.0. The number of halogens is 3. The quantitative estimate of drug-likeness (QED) is 0.632. The van der Waals surface area contributed by atoms with Crippen LogP contribution in [0.2, 0.25) is 5.02 Å². The smallest absolute Gasteiger partial charge is 0.182 e. The van der Waals surface area contributed by atoms with E-state index in [9.17, 15) is 8.78 Å². The predicted molar refractivity (Wildman–Crippen MR) is 78.1 cm³/mol. The average Bonchev–Trinajstić information content (AvgIpc) is 2.69. The summed E-state index contributed by atoms with van der Waals surface area (Å²) in [7, 11) is 0. The number of hydrogen-bond acceptors (Lipinski definition) is 1. The van der Waals surface area contributed by atoms with Crippen molar-refractivity contribution in [1.82, 2.24) is 9.55 Å². The fourth-order valence-corrected chi connectivity index (χ4v) is 2.64. The summed E-state index contributed by atoms with van der Waals surface area (Å²) in [6, 6.07) is 7.05. The van der Waals surface area contributed by atoms with Gasteiger partial charge in [0.15, 0.2) is 4.77 Å². The number of aromatic amines is 1. The van der Waals surface area contributed by atoms with Crippen LogP contribution in [0.3, 0.4) is 0 Å². The molecule has 6 heteroatoms. The molecule has 0 amide bonds. The van der Waals surface area contributed by atoms with Crippen molar-refractivity contribution in [2.24, 2.45) is 0 Å². The zero-order valence-electron chi connectivity index (χ0n) is 10.4. The van der Waals surface area contributed by atoms with Crippen LogP contribution in [0.1, 0.15) is 5.56 Å². The molecule has 0 fully saturated rings. The largest absolute Gasteiger partial charge is 0.330 e. The number of hydrogen-bond donors (Lipinski definition) is 1. The van der Waals surface area contributed by atoms with Gasteiger partial charge in [-0.15, -0.1) is 0 Å². The van der Waals surface area contributed by atoms with Gasteiger partial charge in [-0.3, -0.25) is 4.57 Å². The molecular weight excluding hydrogens is 302 g/mol. The Bertz CT molecular complexity index is 883. The molecule has 0 saturated heterocycles. The van der Waals surface area contributed by atoms with E-state index in [1.54, 1.807) is 17.6 Å². The van der Waals surface area contributed by atoms with E-state index in [2.05, 4.69) is 4.98 Å². The van der Waals surface area contributed by atoms with Crippen molar-refractivity contribution in [2.45, 2.75) is 6.92 Å². The number of nitrogens with zero attached hydrogens (tertiary/aromatic N) is 1. The van der Waals surface area contributed by atoms with Gasteiger partial charge in [0.25, 0.3) is 0 Å². The van der Waals surface area contributed by atoms with Gasteiger partial charge in [-0.1, -0.05) is 11.6 Å².